The first-order valence-corrected chi connectivity index (χ1v) is 8.76. The summed E-state index contributed by atoms with van der Waals surface area (Å²) in [5.41, 5.74) is 2.35. The Morgan fingerprint density at radius 1 is 1.22 bits per heavy atom. The van der Waals surface area contributed by atoms with Gasteiger partial charge in [0.25, 0.3) is 0 Å². The first-order chi connectivity index (χ1) is 11.2. The third kappa shape index (κ3) is 2.63. The summed E-state index contributed by atoms with van der Waals surface area (Å²) in [5, 5.41) is 4.22. The molecule has 1 saturated carbocycles. The van der Waals surface area contributed by atoms with Crippen LogP contribution in [0.15, 0.2) is 42.9 Å². The van der Waals surface area contributed by atoms with Gasteiger partial charge in [0.1, 0.15) is 0 Å². The number of pyridine rings is 1. The fourth-order valence-corrected chi connectivity index (χ4v) is 4.15. The highest BCUT2D eigenvalue weighted by Crippen LogP contribution is 2.38. The van der Waals surface area contributed by atoms with Gasteiger partial charge in [0, 0.05) is 31.7 Å². The molecular weight excluding hydrogens is 304 g/mol. The van der Waals surface area contributed by atoms with Crippen molar-refractivity contribution >= 4 is 17.3 Å². The maximum Gasteiger partial charge on any atom is 0.169 e. The molecule has 0 radical (unpaired) electrons. The number of aromatic nitrogens is 2. The monoisotopic (exact) mass is 326 g/mol. The van der Waals surface area contributed by atoms with Gasteiger partial charge in [0.2, 0.25) is 0 Å². The average molecular weight is 326 g/mol. The zero-order valence-corrected chi connectivity index (χ0v) is 14.2. The fourth-order valence-electron chi connectivity index (χ4n) is 3.91. The largest absolute Gasteiger partial charge is 0.352 e. The summed E-state index contributed by atoms with van der Waals surface area (Å²) in [6.45, 7) is 0. The average Bonchev–Trinajstić information content (AvgIpc) is 3.29. The van der Waals surface area contributed by atoms with E-state index in [9.17, 15) is 0 Å². The molecule has 2 fully saturated rings. The molecule has 0 amide bonds. The Bertz CT molecular complexity index is 690. The molecule has 0 bridgehead atoms. The highest BCUT2D eigenvalue weighted by Gasteiger charge is 2.38. The number of thiocarbonyl (C=S) groups is 1. The molecule has 5 heteroatoms. The van der Waals surface area contributed by atoms with Crippen molar-refractivity contribution in [2.24, 2.45) is 0 Å². The van der Waals surface area contributed by atoms with Crippen LogP contribution in [0.2, 0.25) is 0 Å². The lowest BCUT2D eigenvalue weighted by molar-refractivity contribution is 0.367. The molecule has 1 aliphatic carbocycles. The molecule has 1 saturated heterocycles. The molecule has 3 heterocycles. The van der Waals surface area contributed by atoms with Crippen molar-refractivity contribution in [2.45, 2.75) is 43.8 Å². The van der Waals surface area contributed by atoms with Gasteiger partial charge in [-0.25, -0.2) is 0 Å². The van der Waals surface area contributed by atoms with Crippen LogP contribution in [0.4, 0.5) is 0 Å². The van der Waals surface area contributed by atoms with Crippen LogP contribution in [0.25, 0.3) is 0 Å². The maximum atomic E-state index is 5.49. The summed E-state index contributed by atoms with van der Waals surface area (Å²) in [6.07, 6.45) is 11.7. The highest BCUT2D eigenvalue weighted by molar-refractivity contribution is 7.80. The second-order valence-electron chi connectivity index (χ2n) is 6.57. The Morgan fingerprint density at radius 2 is 2.04 bits per heavy atom. The molecule has 2 aromatic rings. The minimum atomic E-state index is 0.105. The topological polar surface area (TPSA) is 33.1 Å². The van der Waals surface area contributed by atoms with Crippen molar-refractivity contribution in [3.8, 4) is 0 Å². The van der Waals surface area contributed by atoms with Gasteiger partial charge in [0.15, 0.2) is 5.11 Å². The van der Waals surface area contributed by atoms with E-state index >= 15 is 0 Å². The van der Waals surface area contributed by atoms with Crippen LogP contribution in [0, 0.1) is 0 Å². The van der Waals surface area contributed by atoms with Crippen molar-refractivity contribution in [3.63, 3.8) is 0 Å². The number of hydrogen-bond donors (Lipinski definition) is 1. The minimum absolute atomic E-state index is 0.105. The third-order valence-electron chi connectivity index (χ3n) is 5.16. The lowest BCUT2D eigenvalue weighted by Gasteiger charge is -2.23. The number of rotatable bonds is 3. The van der Waals surface area contributed by atoms with Crippen LogP contribution in [-0.4, -0.2) is 26.6 Å². The van der Waals surface area contributed by atoms with E-state index < -0.39 is 0 Å². The van der Waals surface area contributed by atoms with Crippen LogP contribution >= 0.6 is 12.2 Å². The van der Waals surface area contributed by atoms with Gasteiger partial charge in [0.05, 0.1) is 17.8 Å². The first-order valence-electron chi connectivity index (χ1n) is 8.35. The normalized spacial score (nSPS) is 25.1. The summed E-state index contributed by atoms with van der Waals surface area (Å²) in [4.78, 5) is 6.69. The molecule has 0 aromatic carbocycles. The standard InChI is InChI=1S/C18H22N4S/c1-21-17(13-9-11-22(12-13)14-6-2-3-7-14)16(20-18(21)23)15-8-4-5-10-19-15/h4-5,8-12,14,16-17H,2-3,6-7H2,1H3,(H,20,23)/t16-,17-/m0/s1. The van der Waals surface area contributed by atoms with E-state index in [0.717, 1.165) is 10.8 Å². The predicted octanol–water partition coefficient (Wildman–Crippen LogP) is 3.60. The van der Waals surface area contributed by atoms with Gasteiger partial charge in [-0.05, 0) is 48.8 Å². The van der Waals surface area contributed by atoms with Crippen LogP contribution in [-0.2, 0) is 0 Å². The summed E-state index contributed by atoms with van der Waals surface area (Å²) >= 11 is 5.49. The molecule has 1 aliphatic heterocycles. The molecule has 23 heavy (non-hydrogen) atoms. The number of hydrogen-bond acceptors (Lipinski definition) is 2. The van der Waals surface area contributed by atoms with Crippen molar-refractivity contribution < 1.29 is 0 Å². The maximum absolute atomic E-state index is 5.49. The SMILES string of the molecule is CN1C(=S)N[C@@H](c2ccccn2)[C@@H]1c1ccn(C2CCCC2)c1. The first kappa shape index (κ1) is 14.7. The zero-order chi connectivity index (χ0) is 15.8. The number of nitrogens with zero attached hydrogens (tertiary/aromatic N) is 3. The van der Waals surface area contributed by atoms with Crippen molar-refractivity contribution in [1.82, 2.24) is 19.8 Å². The Labute approximate surface area is 142 Å². The van der Waals surface area contributed by atoms with E-state index in [-0.39, 0.29) is 12.1 Å². The number of likely N-dealkylation sites (N-methyl/N-ethyl adjacent to an activating group) is 1. The van der Waals surface area contributed by atoms with E-state index in [0.29, 0.717) is 6.04 Å². The summed E-state index contributed by atoms with van der Waals surface area (Å²) < 4.78 is 2.40. The van der Waals surface area contributed by atoms with E-state index in [4.69, 9.17) is 12.2 Å². The fraction of sp³-hybridized carbons (Fsp3) is 0.444. The van der Waals surface area contributed by atoms with Crippen LogP contribution in [0.5, 0.6) is 0 Å². The van der Waals surface area contributed by atoms with Gasteiger partial charge in [-0.15, -0.1) is 0 Å². The van der Waals surface area contributed by atoms with Crippen LogP contribution in [0.1, 0.15) is 55.1 Å². The van der Waals surface area contributed by atoms with Gasteiger partial charge in [-0.3, -0.25) is 4.98 Å². The van der Waals surface area contributed by atoms with Crippen LogP contribution < -0.4 is 5.32 Å². The Balaban J connectivity index is 1.66. The molecule has 120 valence electrons. The lowest BCUT2D eigenvalue weighted by Crippen LogP contribution is -2.24. The second-order valence-corrected chi connectivity index (χ2v) is 6.95. The molecule has 4 nitrogen and oxygen atoms in total. The van der Waals surface area contributed by atoms with E-state index in [2.05, 4.69) is 51.3 Å². The summed E-state index contributed by atoms with van der Waals surface area (Å²) in [5.74, 6) is 0. The highest BCUT2D eigenvalue weighted by atomic mass is 32.1. The Morgan fingerprint density at radius 3 is 2.78 bits per heavy atom. The minimum Gasteiger partial charge on any atom is -0.352 e. The number of nitrogens with one attached hydrogen (secondary N) is 1. The molecule has 0 unspecified atom stereocenters. The molecular formula is C18H22N4S. The molecule has 4 rings (SSSR count). The quantitative estimate of drug-likeness (QED) is 0.874. The lowest BCUT2D eigenvalue weighted by atomic mass is 9.99. The van der Waals surface area contributed by atoms with Crippen molar-refractivity contribution in [2.75, 3.05) is 7.05 Å². The zero-order valence-electron chi connectivity index (χ0n) is 13.4. The van der Waals surface area contributed by atoms with Crippen molar-refractivity contribution in [3.05, 3.63) is 54.1 Å². The van der Waals surface area contributed by atoms with Crippen molar-refractivity contribution in [1.29, 1.82) is 0 Å². The van der Waals surface area contributed by atoms with Crippen LogP contribution in [0.3, 0.4) is 0 Å². The van der Waals surface area contributed by atoms with Gasteiger partial charge < -0.3 is 14.8 Å². The molecule has 2 atom stereocenters. The third-order valence-corrected chi connectivity index (χ3v) is 5.57. The van der Waals surface area contributed by atoms with Gasteiger partial charge in [-0.1, -0.05) is 18.9 Å². The molecule has 2 aromatic heterocycles. The van der Waals surface area contributed by atoms with E-state index in [1.54, 1.807) is 0 Å². The Kier molecular flexibility index (Phi) is 3.81. The molecule has 2 aliphatic rings. The second kappa shape index (κ2) is 5.96. The summed E-state index contributed by atoms with van der Waals surface area (Å²) in [7, 11) is 2.07. The molecule has 0 spiro atoms. The van der Waals surface area contributed by atoms with Gasteiger partial charge >= 0.3 is 0 Å². The van der Waals surface area contributed by atoms with E-state index in [1.165, 1.54) is 31.2 Å². The Hall–Kier alpha value is -1.88. The molecule has 1 N–H and O–H groups in total. The van der Waals surface area contributed by atoms with E-state index in [1.807, 2.05) is 18.3 Å². The predicted molar refractivity (Wildman–Crippen MR) is 95.2 cm³/mol. The van der Waals surface area contributed by atoms with Gasteiger partial charge in [-0.2, -0.15) is 0 Å². The summed E-state index contributed by atoms with van der Waals surface area (Å²) in [6, 6.07) is 9.26. The smallest absolute Gasteiger partial charge is 0.169 e.